The first-order chi connectivity index (χ1) is 10.1. The van der Waals surface area contributed by atoms with Gasteiger partial charge in [0, 0.05) is 12.6 Å². The molecule has 0 aliphatic carbocycles. The fourth-order valence-corrected chi connectivity index (χ4v) is 2.64. The highest BCUT2D eigenvalue weighted by atomic mass is 35.5. The zero-order valence-corrected chi connectivity index (χ0v) is 13.3. The molecule has 1 heterocycles. The minimum atomic E-state index is -0.696. The number of amides is 1. The summed E-state index contributed by atoms with van der Waals surface area (Å²) in [5, 5.41) is 17.1. The van der Waals surface area contributed by atoms with Crippen molar-refractivity contribution in [3.8, 4) is 0 Å². The number of benzene rings is 1. The summed E-state index contributed by atoms with van der Waals surface area (Å²) >= 11 is 13.2. The van der Waals surface area contributed by atoms with E-state index in [9.17, 15) is 9.90 Å². The van der Waals surface area contributed by atoms with Crippen LogP contribution in [0.1, 0.15) is 17.2 Å². The molecule has 0 bridgehead atoms. The summed E-state index contributed by atoms with van der Waals surface area (Å²) in [4.78, 5) is 11.7. The molecule has 0 aliphatic heterocycles. The summed E-state index contributed by atoms with van der Waals surface area (Å²) < 4.78 is 0. The molecule has 21 heavy (non-hydrogen) atoms. The molecular weight excluding hydrogens is 329 g/mol. The quantitative estimate of drug-likeness (QED) is 0.809. The topological polar surface area (TPSA) is 49.3 Å². The number of carbonyl (C=O) groups excluding carboxylic acids is 1. The highest BCUT2D eigenvalue weighted by molar-refractivity contribution is 7.07. The molecule has 110 valence electrons. The molecule has 0 aliphatic rings. The molecule has 1 unspecified atom stereocenters. The van der Waals surface area contributed by atoms with Crippen LogP contribution in [0, 0.1) is 0 Å². The van der Waals surface area contributed by atoms with Gasteiger partial charge < -0.3 is 10.4 Å². The van der Waals surface area contributed by atoms with Gasteiger partial charge in [0.15, 0.2) is 0 Å². The summed E-state index contributed by atoms with van der Waals surface area (Å²) in [5.41, 5.74) is 1.58. The maximum Gasteiger partial charge on any atom is 0.244 e. The summed E-state index contributed by atoms with van der Waals surface area (Å²) in [5.74, 6) is -0.282. The predicted octanol–water partition coefficient (Wildman–Crippen LogP) is 3.92. The normalized spacial score (nSPS) is 12.5. The number of carbonyl (C=O) groups is 1. The predicted molar refractivity (Wildman–Crippen MR) is 87.8 cm³/mol. The van der Waals surface area contributed by atoms with Gasteiger partial charge in [0.25, 0.3) is 0 Å². The van der Waals surface area contributed by atoms with Crippen LogP contribution >= 0.6 is 34.5 Å². The number of hydrogen-bond acceptors (Lipinski definition) is 3. The van der Waals surface area contributed by atoms with E-state index < -0.39 is 6.10 Å². The molecule has 1 amide bonds. The Morgan fingerprint density at radius 3 is 2.81 bits per heavy atom. The molecule has 0 spiro atoms. The second kappa shape index (κ2) is 7.61. The molecule has 1 atom stereocenters. The number of rotatable bonds is 5. The number of aliphatic hydroxyl groups is 1. The van der Waals surface area contributed by atoms with E-state index in [0.717, 1.165) is 11.1 Å². The zero-order chi connectivity index (χ0) is 15.2. The van der Waals surface area contributed by atoms with Gasteiger partial charge in [-0.15, -0.1) is 0 Å². The smallest absolute Gasteiger partial charge is 0.244 e. The lowest BCUT2D eigenvalue weighted by molar-refractivity contribution is -0.116. The Morgan fingerprint density at radius 1 is 1.33 bits per heavy atom. The van der Waals surface area contributed by atoms with Crippen molar-refractivity contribution >= 4 is 46.5 Å². The number of thiophene rings is 1. The van der Waals surface area contributed by atoms with Crippen molar-refractivity contribution in [2.75, 3.05) is 6.54 Å². The monoisotopic (exact) mass is 341 g/mol. The molecule has 2 N–H and O–H groups in total. The van der Waals surface area contributed by atoms with E-state index in [-0.39, 0.29) is 12.5 Å². The van der Waals surface area contributed by atoms with Gasteiger partial charge in [-0.25, -0.2) is 0 Å². The minimum absolute atomic E-state index is 0.168. The SMILES string of the molecule is O=C(/C=C/c1ccc(Cl)c(Cl)c1)NCC(O)c1ccsc1. The zero-order valence-electron chi connectivity index (χ0n) is 10.9. The first kappa shape index (κ1) is 16.0. The third-order valence-electron chi connectivity index (χ3n) is 2.77. The van der Waals surface area contributed by atoms with Gasteiger partial charge in [0.2, 0.25) is 5.91 Å². The van der Waals surface area contributed by atoms with E-state index in [1.165, 1.54) is 17.4 Å². The lowest BCUT2D eigenvalue weighted by Crippen LogP contribution is -2.26. The van der Waals surface area contributed by atoms with E-state index in [1.807, 2.05) is 16.8 Å². The maximum absolute atomic E-state index is 11.7. The third kappa shape index (κ3) is 4.86. The van der Waals surface area contributed by atoms with Gasteiger partial charge in [-0.2, -0.15) is 11.3 Å². The first-order valence-corrected chi connectivity index (χ1v) is 7.87. The van der Waals surface area contributed by atoms with Crippen molar-refractivity contribution in [1.82, 2.24) is 5.32 Å². The molecule has 0 saturated heterocycles. The Bertz CT molecular complexity index is 641. The van der Waals surface area contributed by atoms with Gasteiger partial charge in [0.1, 0.15) is 0 Å². The van der Waals surface area contributed by atoms with Crippen molar-refractivity contribution in [2.45, 2.75) is 6.10 Å². The van der Waals surface area contributed by atoms with Crippen LogP contribution in [0.25, 0.3) is 6.08 Å². The van der Waals surface area contributed by atoms with Crippen molar-refractivity contribution in [3.63, 3.8) is 0 Å². The summed E-state index contributed by atoms with van der Waals surface area (Å²) in [6.07, 6.45) is 2.33. The Balaban J connectivity index is 1.86. The fourth-order valence-electron chi connectivity index (χ4n) is 1.63. The molecule has 2 rings (SSSR count). The Morgan fingerprint density at radius 2 is 2.14 bits per heavy atom. The van der Waals surface area contributed by atoms with Gasteiger partial charge >= 0.3 is 0 Å². The third-order valence-corrected chi connectivity index (χ3v) is 4.21. The molecule has 2 aromatic rings. The van der Waals surface area contributed by atoms with E-state index in [2.05, 4.69) is 5.32 Å². The second-order valence-electron chi connectivity index (χ2n) is 4.32. The molecule has 1 aromatic carbocycles. The molecule has 6 heteroatoms. The number of nitrogens with one attached hydrogen (secondary N) is 1. The van der Waals surface area contributed by atoms with Crippen LogP contribution in [0.5, 0.6) is 0 Å². The minimum Gasteiger partial charge on any atom is -0.387 e. The average Bonchev–Trinajstić information content (AvgIpc) is 3.00. The van der Waals surface area contributed by atoms with Gasteiger partial charge in [-0.05, 0) is 46.2 Å². The van der Waals surface area contributed by atoms with Crippen LogP contribution in [0.3, 0.4) is 0 Å². The van der Waals surface area contributed by atoms with E-state index >= 15 is 0 Å². The number of aliphatic hydroxyl groups excluding tert-OH is 1. The molecule has 3 nitrogen and oxygen atoms in total. The van der Waals surface area contributed by atoms with E-state index in [1.54, 1.807) is 24.3 Å². The van der Waals surface area contributed by atoms with Crippen molar-refractivity contribution in [3.05, 3.63) is 62.3 Å². The van der Waals surface area contributed by atoms with Gasteiger partial charge in [0.05, 0.1) is 16.1 Å². The molecule has 1 aromatic heterocycles. The first-order valence-electron chi connectivity index (χ1n) is 6.17. The molecule has 0 saturated carbocycles. The fraction of sp³-hybridized carbons (Fsp3) is 0.133. The Labute approximate surface area is 136 Å². The van der Waals surface area contributed by atoms with Crippen molar-refractivity contribution < 1.29 is 9.90 Å². The number of hydrogen-bond donors (Lipinski definition) is 2. The lowest BCUT2D eigenvalue weighted by Gasteiger charge is -2.08. The van der Waals surface area contributed by atoms with Gasteiger partial charge in [-0.3, -0.25) is 4.79 Å². The maximum atomic E-state index is 11.7. The van der Waals surface area contributed by atoms with Crippen molar-refractivity contribution in [1.29, 1.82) is 0 Å². The molecule has 0 radical (unpaired) electrons. The Hall–Kier alpha value is -1.33. The summed E-state index contributed by atoms with van der Waals surface area (Å²) in [6.45, 7) is 0.168. The molecule has 0 fully saturated rings. The highest BCUT2D eigenvalue weighted by Crippen LogP contribution is 2.23. The van der Waals surface area contributed by atoms with Crippen LogP contribution in [-0.2, 0) is 4.79 Å². The number of halogens is 2. The van der Waals surface area contributed by atoms with Crippen LogP contribution < -0.4 is 5.32 Å². The summed E-state index contributed by atoms with van der Waals surface area (Å²) in [7, 11) is 0. The van der Waals surface area contributed by atoms with Crippen LogP contribution in [0.2, 0.25) is 10.0 Å². The van der Waals surface area contributed by atoms with Crippen LogP contribution in [0.4, 0.5) is 0 Å². The standard InChI is InChI=1S/C15H13Cl2NO2S/c16-12-3-1-10(7-13(12)17)2-4-15(20)18-8-14(19)11-5-6-21-9-11/h1-7,9,14,19H,8H2,(H,18,20)/b4-2+. The van der Waals surface area contributed by atoms with Gasteiger partial charge in [-0.1, -0.05) is 29.3 Å². The second-order valence-corrected chi connectivity index (χ2v) is 5.92. The summed E-state index contributed by atoms with van der Waals surface area (Å²) in [6, 6.07) is 6.93. The lowest BCUT2D eigenvalue weighted by atomic mass is 10.2. The van der Waals surface area contributed by atoms with E-state index in [0.29, 0.717) is 10.0 Å². The highest BCUT2D eigenvalue weighted by Gasteiger charge is 2.08. The molecular formula is C15H13Cl2NO2S. The average molecular weight is 342 g/mol. The van der Waals surface area contributed by atoms with Crippen LogP contribution in [0.15, 0.2) is 41.1 Å². The Kier molecular flexibility index (Phi) is 5.82. The van der Waals surface area contributed by atoms with Crippen LogP contribution in [-0.4, -0.2) is 17.6 Å². The van der Waals surface area contributed by atoms with Crippen molar-refractivity contribution in [2.24, 2.45) is 0 Å². The largest absolute Gasteiger partial charge is 0.387 e. The van der Waals surface area contributed by atoms with E-state index in [4.69, 9.17) is 23.2 Å².